The smallest absolute Gasteiger partial charge is 0.270 e. The molecule has 0 fully saturated rings. The van der Waals surface area contributed by atoms with Crippen molar-refractivity contribution in [2.24, 2.45) is 0 Å². The Morgan fingerprint density at radius 2 is 2.04 bits per heavy atom. The van der Waals surface area contributed by atoms with Gasteiger partial charge >= 0.3 is 0 Å². The molecule has 2 aromatic carbocycles. The van der Waals surface area contributed by atoms with Gasteiger partial charge in [-0.15, -0.1) is 11.8 Å². The summed E-state index contributed by atoms with van der Waals surface area (Å²) in [7, 11) is 0. The molecule has 1 unspecified atom stereocenters. The summed E-state index contributed by atoms with van der Waals surface area (Å²) >= 11 is 1.76. The van der Waals surface area contributed by atoms with Gasteiger partial charge in [0.1, 0.15) is 0 Å². The van der Waals surface area contributed by atoms with Crippen LogP contribution in [-0.2, 0) is 0 Å². The Balaban J connectivity index is 2.04. The summed E-state index contributed by atoms with van der Waals surface area (Å²) in [5, 5.41) is 11.4. The lowest BCUT2D eigenvalue weighted by molar-refractivity contribution is -0.384. The Kier molecular flexibility index (Phi) is 4.57. The highest BCUT2D eigenvalue weighted by Gasteiger charge is 2.26. The number of para-hydroxylation sites is 1. The number of fused-ring (bicyclic) bond motifs is 1. The number of carbonyl (C=O) groups is 1. The van der Waals surface area contributed by atoms with E-state index >= 15 is 0 Å². The number of thioether (sulfide) groups is 1. The van der Waals surface area contributed by atoms with Gasteiger partial charge in [0.05, 0.1) is 10.6 Å². The number of nitro groups is 1. The van der Waals surface area contributed by atoms with Crippen molar-refractivity contribution < 1.29 is 9.72 Å². The van der Waals surface area contributed by atoms with E-state index in [4.69, 9.17) is 0 Å². The Bertz CT molecular complexity index is 807. The van der Waals surface area contributed by atoms with Crippen LogP contribution in [0.15, 0.2) is 47.4 Å². The predicted octanol–water partition coefficient (Wildman–Crippen LogP) is 4.43. The maximum Gasteiger partial charge on any atom is 0.270 e. The molecule has 1 heterocycles. The maximum atomic E-state index is 13.1. The zero-order valence-corrected chi connectivity index (χ0v) is 14.4. The number of anilines is 1. The molecule has 1 atom stereocenters. The van der Waals surface area contributed by atoms with Crippen LogP contribution in [0.1, 0.15) is 29.3 Å². The van der Waals surface area contributed by atoms with Gasteiger partial charge in [-0.05, 0) is 31.0 Å². The molecule has 124 valence electrons. The number of hydrogen-bond acceptors (Lipinski definition) is 4. The second-order valence-corrected chi connectivity index (χ2v) is 7.38. The summed E-state index contributed by atoms with van der Waals surface area (Å²) in [6, 6.07) is 12.3. The first-order valence-electron chi connectivity index (χ1n) is 7.80. The van der Waals surface area contributed by atoms with E-state index in [1.165, 1.54) is 12.1 Å². The van der Waals surface area contributed by atoms with Gasteiger partial charge in [-0.3, -0.25) is 14.9 Å². The zero-order chi connectivity index (χ0) is 17.3. The van der Waals surface area contributed by atoms with Gasteiger partial charge in [0.15, 0.2) is 0 Å². The minimum atomic E-state index is -0.468. The molecular weight excluding hydrogens is 324 g/mol. The lowest BCUT2D eigenvalue weighted by atomic mass is 10.1. The second-order valence-electron chi connectivity index (χ2n) is 5.90. The molecule has 1 aliphatic rings. The average molecular weight is 342 g/mol. The molecule has 0 radical (unpaired) electrons. The third-order valence-corrected chi connectivity index (χ3v) is 5.39. The van der Waals surface area contributed by atoms with Crippen LogP contribution in [0.2, 0.25) is 0 Å². The van der Waals surface area contributed by atoms with Gasteiger partial charge in [0.2, 0.25) is 0 Å². The molecule has 0 saturated carbocycles. The lowest BCUT2D eigenvalue weighted by Gasteiger charge is -2.23. The Labute approximate surface area is 144 Å². The molecule has 1 amide bonds. The van der Waals surface area contributed by atoms with Gasteiger partial charge in [0.25, 0.3) is 11.6 Å². The monoisotopic (exact) mass is 342 g/mol. The fourth-order valence-electron chi connectivity index (χ4n) is 2.80. The summed E-state index contributed by atoms with van der Waals surface area (Å²) < 4.78 is 0. The second kappa shape index (κ2) is 6.65. The van der Waals surface area contributed by atoms with E-state index in [-0.39, 0.29) is 11.6 Å². The molecule has 6 heteroatoms. The number of benzene rings is 2. The van der Waals surface area contributed by atoms with Crippen LogP contribution in [0.5, 0.6) is 0 Å². The van der Waals surface area contributed by atoms with Crippen molar-refractivity contribution in [3.8, 4) is 0 Å². The summed E-state index contributed by atoms with van der Waals surface area (Å²) in [6.45, 7) is 4.55. The van der Waals surface area contributed by atoms with Crippen LogP contribution < -0.4 is 4.90 Å². The molecule has 0 saturated heterocycles. The summed E-state index contributed by atoms with van der Waals surface area (Å²) in [6.07, 6.45) is 0.874. The van der Waals surface area contributed by atoms with Crippen LogP contribution in [-0.4, -0.2) is 22.6 Å². The van der Waals surface area contributed by atoms with Crippen LogP contribution in [0.4, 0.5) is 11.4 Å². The van der Waals surface area contributed by atoms with Gasteiger partial charge in [-0.25, -0.2) is 0 Å². The third-order valence-electron chi connectivity index (χ3n) is 4.15. The number of nitro benzene ring substituents is 1. The van der Waals surface area contributed by atoms with Crippen LogP contribution >= 0.6 is 11.8 Å². The molecule has 3 rings (SSSR count). The fraction of sp³-hybridized carbons (Fsp3) is 0.278. The minimum Gasteiger partial charge on any atom is -0.307 e. The highest BCUT2D eigenvalue weighted by Crippen LogP contribution is 2.38. The number of nitrogens with zero attached hydrogens (tertiary/aromatic N) is 2. The average Bonchev–Trinajstić information content (AvgIpc) is 2.72. The predicted molar refractivity (Wildman–Crippen MR) is 95.9 cm³/mol. The Hall–Kier alpha value is -2.34. The van der Waals surface area contributed by atoms with Crippen molar-refractivity contribution in [3.63, 3.8) is 0 Å². The maximum absolute atomic E-state index is 13.1. The Morgan fingerprint density at radius 1 is 1.29 bits per heavy atom. The van der Waals surface area contributed by atoms with E-state index < -0.39 is 4.92 Å². The number of aryl methyl sites for hydroxylation is 1. The van der Waals surface area contributed by atoms with Gasteiger partial charge in [-0.1, -0.05) is 25.1 Å². The van der Waals surface area contributed by atoms with Gasteiger partial charge in [-0.2, -0.15) is 0 Å². The number of non-ortho nitro benzene ring substituents is 1. The van der Waals surface area contributed by atoms with Gasteiger partial charge in [0, 0.05) is 34.4 Å². The normalized spacial score (nSPS) is 17.1. The highest BCUT2D eigenvalue weighted by atomic mass is 32.2. The molecule has 1 aliphatic heterocycles. The first-order valence-corrected chi connectivity index (χ1v) is 8.68. The van der Waals surface area contributed by atoms with Crippen LogP contribution in [0, 0.1) is 17.0 Å². The lowest BCUT2D eigenvalue weighted by Crippen LogP contribution is -2.32. The van der Waals surface area contributed by atoms with E-state index in [0.717, 1.165) is 22.6 Å². The van der Waals surface area contributed by atoms with Crippen molar-refractivity contribution in [1.29, 1.82) is 0 Å². The molecule has 2 aromatic rings. The third kappa shape index (κ3) is 3.14. The van der Waals surface area contributed by atoms with E-state index in [1.807, 2.05) is 24.3 Å². The van der Waals surface area contributed by atoms with Crippen LogP contribution in [0.3, 0.4) is 0 Å². The van der Waals surface area contributed by atoms with Crippen LogP contribution in [0.25, 0.3) is 0 Å². The fourth-order valence-corrected chi connectivity index (χ4v) is 3.91. The number of amides is 1. The van der Waals surface area contributed by atoms with Crippen molar-refractivity contribution in [2.45, 2.75) is 30.4 Å². The van der Waals surface area contributed by atoms with Crippen molar-refractivity contribution in [3.05, 3.63) is 63.7 Å². The van der Waals surface area contributed by atoms with E-state index in [1.54, 1.807) is 29.7 Å². The molecule has 0 N–H and O–H groups in total. The first-order chi connectivity index (χ1) is 11.5. The van der Waals surface area contributed by atoms with Crippen molar-refractivity contribution >= 4 is 29.0 Å². The molecular formula is C18H18N2O3S. The summed E-state index contributed by atoms with van der Waals surface area (Å²) in [4.78, 5) is 26.5. The van der Waals surface area contributed by atoms with Crippen molar-refractivity contribution in [1.82, 2.24) is 0 Å². The quantitative estimate of drug-likeness (QED) is 0.598. The SMILES string of the molecule is Cc1ccc([N+](=O)[O-])cc1C(=O)N1CCC(C)Sc2ccccc21. The van der Waals surface area contributed by atoms with Crippen molar-refractivity contribution in [2.75, 3.05) is 11.4 Å². The summed E-state index contributed by atoms with van der Waals surface area (Å²) in [5.74, 6) is -0.182. The first kappa shape index (κ1) is 16.5. The summed E-state index contributed by atoms with van der Waals surface area (Å²) in [5.41, 5.74) is 1.95. The molecule has 0 aliphatic carbocycles. The zero-order valence-electron chi connectivity index (χ0n) is 13.6. The number of rotatable bonds is 2. The molecule has 24 heavy (non-hydrogen) atoms. The van der Waals surface area contributed by atoms with E-state index in [2.05, 4.69) is 6.92 Å². The number of hydrogen-bond donors (Lipinski definition) is 0. The highest BCUT2D eigenvalue weighted by molar-refractivity contribution is 8.00. The molecule has 0 aromatic heterocycles. The molecule has 5 nitrogen and oxygen atoms in total. The Morgan fingerprint density at radius 3 is 2.79 bits per heavy atom. The topological polar surface area (TPSA) is 63.5 Å². The number of carbonyl (C=O) groups excluding carboxylic acids is 1. The standard InChI is InChI=1S/C18H18N2O3S/c1-12-7-8-14(20(22)23)11-15(12)18(21)19-10-9-13(2)24-17-6-4-3-5-16(17)19/h3-8,11,13H,9-10H2,1-2H3. The minimum absolute atomic E-state index is 0.0604. The van der Waals surface area contributed by atoms with E-state index in [0.29, 0.717) is 17.4 Å². The van der Waals surface area contributed by atoms with E-state index in [9.17, 15) is 14.9 Å². The molecule has 0 bridgehead atoms. The molecule has 0 spiro atoms. The van der Waals surface area contributed by atoms with Gasteiger partial charge < -0.3 is 4.90 Å². The largest absolute Gasteiger partial charge is 0.307 e.